The van der Waals surface area contributed by atoms with Crippen LogP contribution in [0.4, 0.5) is 0 Å². The summed E-state index contributed by atoms with van der Waals surface area (Å²) in [6, 6.07) is 5.83. The van der Waals surface area contributed by atoms with Crippen molar-refractivity contribution in [1.29, 1.82) is 0 Å². The number of amides is 1. The molecule has 0 radical (unpaired) electrons. The third kappa shape index (κ3) is 5.09. The molecule has 2 heterocycles. The topological polar surface area (TPSA) is 67.9 Å². The number of hydrogen-bond donors (Lipinski definition) is 1. The third-order valence-corrected chi connectivity index (χ3v) is 5.89. The fourth-order valence-corrected chi connectivity index (χ4v) is 4.09. The Morgan fingerprint density at radius 2 is 1.92 bits per heavy atom. The molecule has 1 saturated heterocycles. The van der Waals surface area contributed by atoms with Crippen molar-refractivity contribution in [3.05, 3.63) is 18.2 Å². The van der Waals surface area contributed by atoms with E-state index in [2.05, 4.69) is 5.32 Å². The van der Waals surface area contributed by atoms with Gasteiger partial charge in [0, 0.05) is 42.3 Å². The summed E-state index contributed by atoms with van der Waals surface area (Å²) >= 11 is 0. The maximum Gasteiger partial charge on any atom is 0.223 e. The van der Waals surface area contributed by atoms with Crippen LogP contribution in [0.2, 0.25) is 0 Å². The molecule has 1 fully saturated rings. The van der Waals surface area contributed by atoms with Gasteiger partial charge < -0.3 is 19.7 Å². The van der Waals surface area contributed by atoms with Crippen molar-refractivity contribution in [2.24, 2.45) is 0 Å². The molecule has 2 aliphatic heterocycles. The number of nitrogens with one attached hydrogen (secondary N) is 1. The van der Waals surface area contributed by atoms with Crippen LogP contribution in [0, 0.1) is 0 Å². The van der Waals surface area contributed by atoms with Gasteiger partial charge in [0.2, 0.25) is 5.91 Å². The molecule has 6 nitrogen and oxygen atoms in total. The highest BCUT2D eigenvalue weighted by Crippen LogP contribution is 2.31. The fraction of sp³-hybridized carbons (Fsp3) is 0.588. The number of fused-ring (bicyclic) bond motifs is 1. The predicted octanol–water partition coefficient (Wildman–Crippen LogP) is 1.59. The Hall–Kier alpha value is -1.31. The number of carbonyl (C=O) groups excluding carboxylic acids is 1. The van der Waals surface area contributed by atoms with Crippen LogP contribution in [0.1, 0.15) is 19.3 Å². The summed E-state index contributed by atoms with van der Waals surface area (Å²) in [5.74, 6) is 1.75. The average Bonchev–Trinajstić information content (AvgIpc) is 2.65. The van der Waals surface area contributed by atoms with Crippen LogP contribution in [0.25, 0.3) is 0 Å². The molecule has 0 spiro atoms. The van der Waals surface area contributed by atoms with Gasteiger partial charge in [-0.15, -0.1) is 12.4 Å². The van der Waals surface area contributed by atoms with Crippen LogP contribution in [-0.2, 0) is 15.6 Å². The maximum absolute atomic E-state index is 12.5. The van der Waals surface area contributed by atoms with E-state index in [9.17, 15) is 9.00 Å². The molecule has 2 aliphatic rings. The summed E-state index contributed by atoms with van der Waals surface area (Å²) in [5, 5.41) is 3.25. The van der Waals surface area contributed by atoms with Gasteiger partial charge in [-0.2, -0.15) is 0 Å². The minimum Gasteiger partial charge on any atom is -0.486 e. The second-order valence-corrected chi connectivity index (χ2v) is 7.62. The molecule has 1 unspecified atom stereocenters. The number of piperidine rings is 1. The van der Waals surface area contributed by atoms with E-state index in [1.807, 2.05) is 11.9 Å². The van der Waals surface area contributed by atoms with E-state index in [4.69, 9.17) is 9.47 Å². The number of carbonyl (C=O) groups is 1. The van der Waals surface area contributed by atoms with Crippen molar-refractivity contribution in [2.75, 3.05) is 39.1 Å². The molecule has 0 bridgehead atoms. The van der Waals surface area contributed by atoms with Gasteiger partial charge in [0.1, 0.15) is 13.2 Å². The smallest absolute Gasteiger partial charge is 0.223 e. The lowest BCUT2D eigenvalue weighted by Gasteiger charge is -2.31. The Morgan fingerprint density at radius 1 is 1.24 bits per heavy atom. The Balaban J connectivity index is 0.00000225. The van der Waals surface area contributed by atoms with Crippen molar-refractivity contribution in [3.63, 3.8) is 0 Å². The van der Waals surface area contributed by atoms with Gasteiger partial charge in [-0.3, -0.25) is 9.00 Å². The highest BCUT2D eigenvalue weighted by atomic mass is 35.5. The second-order valence-electron chi connectivity index (χ2n) is 6.05. The molecule has 0 aliphatic carbocycles. The molecule has 1 N–H and O–H groups in total. The molecular formula is C17H25ClN2O4S. The molecule has 1 amide bonds. The molecule has 1 aromatic carbocycles. The van der Waals surface area contributed by atoms with E-state index >= 15 is 0 Å². The van der Waals surface area contributed by atoms with Crippen molar-refractivity contribution < 1.29 is 18.5 Å². The summed E-state index contributed by atoms with van der Waals surface area (Å²) < 4.78 is 23.4. The van der Waals surface area contributed by atoms with Crippen LogP contribution in [0.5, 0.6) is 11.5 Å². The number of ether oxygens (including phenoxy) is 2. The zero-order chi connectivity index (χ0) is 16.9. The first kappa shape index (κ1) is 20.0. The lowest BCUT2D eigenvalue weighted by molar-refractivity contribution is -0.131. The Kier molecular flexibility index (Phi) is 7.53. The number of benzene rings is 1. The van der Waals surface area contributed by atoms with Crippen LogP contribution in [0.15, 0.2) is 23.1 Å². The van der Waals surface area contributed by atoms with Crippen LogP contribution >= 0.6 is 12.4 Å². The first-order chi connectivity index (χ1) is 11.7. The standard InChI is InChI=1S/C17H24N2O4S.ClH/c1-18-13-4-7-19(8-5-13)17(20)6-11-24(21)14-2-3-15-16(12-14)23-10-9-22-15;/h2-3,12-13,18H,4-11H2,1H3;1H. The molecule has 0 aromatic heterocycles. The summed E-state index contributed by atoms with van der Waals surface area (Å²) in [7, 11) is 0.747. The van der Waals surface area contributed by atoms with Crippen LogP contribution in [0.3, 0.4) is 0 Å². The molecule has 8 heteroatoms. The minimum absolute atomic E-state index is 0. The molecule has 140 valence electrons. The second kappa shape index (κ2) is 9.40. The van der Waals surface area contributed by atoms with Gasteiger partial charge in [0.15, 0.2) is 11.5 Å². The van der Waals surface area contributed by atoms with E-state index in [0.717, 1.165) is 25.9 Å². The molecule has 3 rings (SSSR count). The number of rotatable bonds is 5. The van der Waals surface area contributed by atoms with Crippen LogP contribution < -0.4 is 14.8 Å². The van der Waals surface area contributed by atoms with Crippen molar-refractivity contribution in [1.82, 2.24) is 10.2 Å². The lowest BCUT2D eigenvalue weighted by atomic mass is 10.1. The lowest BCUT2D eigenvalue weighted by Crippen LogP contribution is -2.44. The number of likely N-dealkylation sites (tertiary alicyclic amines) is 1. The van der Waals surface area contributed by atoms with E-state index in [1.54, 1.807) is 18.2 Å². The van der Waals surface area contributed by atoms with Gasteiger partial charge in [0.05, 0.1) is 10.8 Å². The average molecular weight is 389 g/mol. The molecular weight excluding hydrogens is 364 g/mol. The van der Waals surface area contributed by atoms with Crippen molar-refractivity contribution in [3.8, 4) is 11.5 Å². The summed E-state index contributed by atoms with van der Waals surface area (Å²) in [4.78, 5) is 14.9. The van der Waals surface area contributed by atoms with Gasteiger partial charge >= 0.3 is 0 Å². The van der Waals surface area contributed by atoms with Crippen molar-refractivity contribution in [2.45, 2.75) is 30.2 Å². The highest BCUT2D eigenvalue weighted by molar-refractivity contribution is 7.85. The monoisotopic (exact) mass is 388 g/mol. The van der Waals surface area contributed by atoms with Crippen LogP contribution in [-0.4, -0.2) is 60.2 Å². The zero-order valence-corrected chi connectivity index (χ0v) is 16.0. The molecule has 0 saturated carbocycles. The molecule has 25 heavy (non-hydrogen) atoms. The third-order valence-electron chi connectivity index (χ3n) is 4.53. The fourth-order valence-electron chi connectivity index (χ4n) is 3.04. The largest absolute Gasteiger partial charge is 0.486 e. The number of halogens is 1. The maximum atomic E-state index is 12.5. The van der Waals surface area contributed by atoms with Gasteiger partial charge in [0.25, 0.3) is 0 Å². The number of hydrogen-bond acceptors (Lipinski definition) is 5. The number of nitrogens with zero attached hydrogens (tertiary/aromatic N) is 1. The minimum atomic E-state index is -1.21. The van der Waals surface area contributed by atoms with Gasteiger partial charge in [-0.05, 0) is 32.0 Å². The Morgan fingerprint density at radius 3 is 2.60 bits per heavy atom. The van der Waals surface area contributed by atoms with E-state index in [0.29, 0.717) is 47.8 Å². The molecule has 1 aromatic rings. The quantitative estimate of drug-likeness (QED) is 0.829. The Labute approximate surface area is 157 Å². The highest BCUT2D eigenvalue weighted by Gasteiger charge is 2.22. The van der Waals surface area contributed by atoms with E-state index < -0.39 is 10.8 Å². The van der Waals surface area contributed by atoms with E-state index in [-0.39, 0.29) is 18.3 Å². The SMILES string of the molecule is CNC1CCN(C(=O)CCS(=O)c2ccc3c(c2)OCCO3)CC1.Cl. The normalized spacial score (nSPS) is 18.4. The first-order valence-corrected chi connectivity index (χ1v) is 9.72. The van der Waals surface area contributed by atoms with Crippen molar-refractivity contribution >= 4 is 29.1 Å². The van der Waals surface area contributed by atoms with E-state index in [1.165, 1.54) is 0 Å². The Bertz CT molecular complexity index is 621. The zero-order valence-electron chi connectivity index (χ0n) is 14.4. The molecule has 1 atom stereocenters. The first-order valence-electron chi connectivity index (χ1n) is 8.40. The predicted molar refractivity (Wildman–Crippen MR) is 99.2 cm³/mol. The summed E-state index contributed by atoms with van der Waals surface area (Å²) in [6.07, 6.45) is 2.27. The summed E-state index contributed by atoms with van der Waals surface area (Å²) in [6.45, 7) is 2.60. The summed E-state index contributed by atoms with van der Waals surface area (Å²) in [5.41, 5.74) is 0. The van der Waals surface area contributed by atoms with Gasteiger partial charge in [-0.1, -0.05) is 0 Å². The van der Waals surface area contributed by atoms with Gasteiger partial charge in [-0.25, -0.2) is 0 Å².